The van der Waals surface area contributed by atoms with Gasteiger partial charge in [0.05, 0.1) is 24.0 Å². The number of non-ortho nitro benzene ring substituents is 1. The molecule has 2 aromatic rings. The number of ether oxygens (including phenoxy) is 2. The summed E-state index contributed by atoms with van der Waals surface area (Å²) in [6, 6.07) is 11.6. The highest BCUT2D eigenvalue weighted by molar-refractivity contribution is 5.99. The highest BCUT2D eigenvalue weighted by Crippen LogP contribution is 2.34. The monoisotopic (exact) mass is 355 g/mol. The number of carbonyl (C=O) groups is 1. The van der Waals surface area contributed by atoms with Gasteiger partial charge in [0.2, 0.25) is 0 Å². The lowest BCUT2D eigenvalue weighted by Crippen LogP contribution is -2.23. The standard InChI is InChI=1S/C18H17N3O5/c1-11(18(22)25-2)12-3-5-13(6-4-12)19-17-10-26-16-9-14(21(23)24)7-8-15(16)20-17/h3-9,11H,10H2,1-2H3,(H,19,20). The highest BCUT2D eigenvalue weighted by atomic mass is 16.6. The van der Waals surface area contributed by atoms with Gasteiger partial charge in [-0.2, -0.15) is 0 Å². The first kappa shape index (κ1) is 17.4. The lowest BCUT2D eigenvalue weighted by molar-refractivity contribution is -0.384. The third-order valence-electron chi connectivity index (χ3n) is 4.03. The molecule has 1 atom stereocenters. The molecule has 0 saturated carbocycles. The maximum absolute atomic E-state index is 11.6. The molecule has 1 N–H and O–H groups in total. The molecule has 0 fully saturated rings. The third-order valence-corrected chi connectivity index (χ3v) is 4.03. The van der Waals surface area contributed by atoms with E-state index in [-0.39, 0.29) is 24.2 Å². The normalized spacial score (nSPS) is 13.7. The van der Waals surface area contributed by atoms with Crippen molar-refractivity contribution in [1.29, 1.82) is 0 Å². The maximum Gasteiger partial charge on any atom is 0.312 e. The Bertz CT molecular complexity index is 877. The van der Waals surface area contributed by atoms with Crippen LogP contribution < -0.4 is 10.1 Å². The second-order valence-electron chi connectivity index (χ2n) is 5.75. The van der Waals surface area contributed by atoms with E-state index in [0.29, 0.717) is 17.3 Å². The number of methoxy groups -OCH3 is 1. The lowest BCUT2D eigenvalue weighted by atomic mass is 10.0. The zero-order chi connectivity index (χ0) is 18.7. The number of nitrogens with zero attached hydrogens (tertiary/aromatic N) is 2. The fraction of sp³-hybridized carbons (Fsp3) is 0.222. The van der Waals surface area contributed by atoms with Gasteiger partial charge in [-0.15, -0.1) is 0 Å². The Hall–Kier alpha value is -3.42. The number of nitro benzene ring substituents is 1. The molecular weight excluding hydrogens is 338 g/mol. The van der Waals surface area contributed by atoms with Crippen molar-refractivity contribution >= 4 is 28.9 Å². The molecule has 1 unspecified atom stereocenters. The van der Waals surface area contributed by atoms with Crippen molar-refractivity contribution in [3.8, 4) is 5.75 Å². The molecule has 0 aromatic heterocycles. The SMILES string of the molecule is COC(=O)C(C)c1ccc(NC2=Nc3ccc([N+](=O)[O-])cc3OC2)cc1. The minimum absolute atomic E-state index is 0.0364. The summed E-state index contributed by atoms with van der Waals surface area (Å²) in [7, 11) is 1.36. The van der Waals surface area contributed by atoms with Crippen molar-refractivity contribution in [3.05, 3.63) is 58.1 Å². The minimum Gasteiger partial charge on any atom is -0.483 e. The fourth-order valence-electron chi connectivity index (χ4n) is 2.55. The number of anilines is 1. The van der Waals surface area contributed by atoms with E-state index in [9.17, 15) is 14.9 Å². The Morgan fingerprint density at radius 2 is 2.04 bits per heavy atom. The predicted molar refractivity (Wildman–Crippen MR) is 96.2 cm³/mol. The van der Waals surface area contributed by atoms with Gasteiger partial charge < -0.3 is 14.8 Å². The van der Waals surface area contributed by atoms with Crippen LogP contribution in [0.1, 0.15) is 18.4 Å². The van der Waals surface area contributed by atoms with Crippen molar-refractivity contribution in [2.75, 3.05) is 19.0 Å². The van der Waals surface area contributed by atoms with Crippen LogP contribution in [0, 0.1) is 10.1 Å². The number of fused-ring (bicyclic) bond motifs is 1. The Morgan fingerprint density at radius 1 is 1.31 bits per heavy atom. The van der Waals surface area contributed by atoms with Crippen molar-refractivity contribution in [3.63, 3.8) is 0 Å². The molecule has 0 bridgehead atoms. The van der Waals surface area contributed by atoms with E-state index in [1.54, 1.807) is 13.0 Å². The van der Waals surface area contributed by atoms with Gasteiger partial charge in [-0.1, -0.05) is 12.1 Å². The molecule has 1 aliphatic heterocycles. The van der Waals surface area contributed by atoms with Gasteiger partial charge in [0, 0.05) is 11.8 Å². The molecule has 1 aliphatic rings. The van der Waals surface area contributed by atoms with Crippen molar-refractivity contribution in [2.45, 2.75) is 12.8 Å². The zero-order valence-corrected chi connectivity index (χ0v) is 14.3. The van der Waals surface area contributed by atoms with Crippen LogP contribution >= 0.6 is 0 Å². The molecule has 134 valence electrons. The first-order valence-electron chi connectivity index (χ1n) is 7.91. The molecule has 2 aromatic carbocycles. The largest absolute Gasteiger partial charge is 0.483 e. The van der Waals surface area contributed by atoms with Gasteiger partial charge in [0.15, 0.2) is 5.75 Å². The Balaban J connectivity index is 1.73. The average Bonchev–Trinajstić information content (AvgIpc) is 2.66. The summed E-state index contributed by atoms with van der Waals surface area (Å²) in [4.78, 5) is 26.3. The van der Waals surface area contributed by atoms with Crippen molar-refractivity contribution in [2.24, 2.45) is 4.99 Å². The summed E-state index contributed by atoms with van der Waals surface area (Å²) in [6.45, 7) is 1.96. The number of benzene rings is 2. The van der Waals surface area contributed by atoms with Gasteiger partial charge in [-0.05, 0) is 30.7 Å². The molecule has 0 spiro atoms. The van der Waals surface area contributed by atoms with Gasteiger partial charge in [-0.25, -0.2) is 4.99 Å². The lowest BCUT2D eigenvalue weighted by Gasteiger charge is -2.18. The molecule has 1 heterocycles. The van der Waals surface area contributed by atoms with Crippen LogP contribution in [-0.4, -0.2) is 30.4 Å². The number of aliphatic imine (C=N–C) groups is 1. The van der Waals surface area contributed by atoms with E-state index < -0.39 is 4.92 Å². The molecule has 8 nitrogen and oxygen atoms in total. The maximum atomic E-state index is 11.6. The van der Waals surface area contributed by atoms with E-state index in [2.05, 4.69) is 10.3 Å². The Morgan fingerprint density at radius 3 is 2.69 bits per heavy atom. The minimum atomic E-state index is -0.474. The number of hydrogen-bond donors (Lipinski definition) is 1. The summed E-state index contributed by atoms with van der Waals surface area (Å²) in [5.74, 6) is 0.334. The summed E-state index contributed by atoms with van der Waals surface area (Å²) in [5, 5.41) is 13.9. The second kappa shape index (κ2) is 7.22. The van der Waals surface area contributed by atoms with Crippen LogP contribution in [0.25, 0.3) is 0 Å². The predicted octanol–water partition coefficient (Wildman–Crippen LogP) is 3.41. The third kappa shape index (κ3) is 3.64. The van der Waals surface area contributed by atoms with Gasteiger partial charge in [0.1, 0.15) is 18.1 Å². The number of hydrogen-bond acceptors (Lipinski definition) is 7. The summed E-state index contributed by atoms with van der Waals surface area (Å²) in [5.41, 5.74) is 2.13. The number of esters is 1. The molecule has 0 saturated heterocycles. The molecule has 8 heteroatoms. The van der Waals surface area contributed by atoms with Crippen LogP contribution in [0.2, 0.25) is 0 Å². The molecule has 0 aliphatic carbocycles. The van der Waals surface area contributed by atoms with Crippen molar-refractivity contribution < 1.29 is 19.2 Å². The smallest absolute Gasteiger partial charge is 0.312 e. The molecular formula is C18H17N3O5. The Kier molecular flexibility index (Phi) is 4.83. The first-order valence-corrected chi connectivity index (χ1v) is 7.91. The van der Waals surface area contributed by atoms with E-state index in [1.807, 2.05) is 24.3 Å². The number of rotatable bonds is 4. The topological polar surface area (TPSA) is 103 Å². The highest BCUT2D eigenvalue weighted by Gasteiger charge is 2.18. The summed E-state index contributed by atoms with van der Waals surface area (Å²) in [6.07, 6.45) is 0. The average molecular weight is 355 g/mol. The van der Waals surface area contributed by atoms with Gasteiger partial charge in [0.25, 0.3) is 5.69 Å². The van der Waals surface area contributed by atoms with Crippen LogP contribution in [0.4, 0.5) is 17.1 Å². The van der Waals surface area contributed by atoms with Crippen LogP contribution in [-0.2, 0) is 9.53 Å². The first-order chi connectivity index (χ1) is 12.5. The van der Waals surface area contributed by atoms with Crippen LogP contribution in [0.5, 0.6) is 5.75 Å². The van der Waals surface area contributed by atoms with Gasteiger partial charge in [-0.3, -0.25) is 14.9 Å². The molecule has 26 heavy (non-hydrogen) atoms. The zero-order valence-electron chi connectivity index (χ0n) is 14.3. The van der Waals surface area contributed by atoms with Crippen LogP contribution in [0.15, 0.2) is 47.5 Å². The molecule has 0 radical (unpaired) electrons. The summed E-state index contributed by atoms with van der Waals surface area (Å²) < 4.78 is 10.3. The van der Waals surface area contributed by atoms with E-state index in [4.69, 9.17) is 9.47 Å². The summed E-state index contributed by atoms with van der Waals surface area (Å²) >= 11 is 0. The van der Waals surface area contributed by atoms with E-state index in [1.165, 1.54) is 19.2 Å². The van der Waals surface area contributed by atoms with Crippen molar-refractivity contribution in [1.82, 2.24) is 0 Å². The number of amidine groups is 1. The van der Waals surface area contributed by atoms with Gasteiger partial charge >= 0.3 is 5.97 Å². The quantitative estimate of drug-likeness (QED) is 0.512. The Labute approximate surface area is 149 Å². The van der Waals surface area contributed by atoms with E-state index >= 15 is 0 Å². The fourth-order valence-corrected chi connectivity index (χ4v) is 2.55. The number of nitrogens with one attached hydrogen (secondary N) is 1. The number of carbonyl (C=O) groups excluding carboxylic acids is 1. The molecule has 0 amide bonds. The number of nitro groups is 1. The van der Waals surface area contributed by atoms with E-state index in [0.717, 1.165) is 11.3 Å². The molecule has 3 rings (SSSR count). The van der Waals surface area contributed by atoms with Crippen LogP contribution in [0.3, 0.4) is 0 Å². The second-order valence-corrected chi connectivity index (χ2v) is 5.75.